The van der Waals surface area contributed by atoms with Crippen molar-refractivity contribution in [3.63, 3.8) is 0 Å². The monoisotopic (exact) mass is 409 g/mol. The Morgan fingerprint density at radius 2 is 1.67 bits per heavy atom. The summed E-state index contributed by atoms with van der Waals surface area (Å²) in [6, 6.07) is 11.8. The number of rotatable bonds is 5. The third-order valence-corrected chi connectivity index (χ3v) is 4.94. The second-order valence-corrected chi connectivity index (χ2v) is 7.15. The van der Waals surface area contributed by atoms with Crippen LogP contribution in [0, 0.1) is 19.7 Å². The zero-order valence-corrected chi connectivity index (χ0v) is 18.3. The molecule has 0 aliphatic carbocycles. The van der Waals surface area contributed by atoms with Gasteiger partial charge in [-0.25, -0.2) is 9.18 Å². The number of nitrogens with zero attached hydrogens (tertiary/aromatic N) is 1. The Morgan fingerprint density at radius 1 is 1.03 bits per heavy atom. The van der Waals surface area contributed by atoms with E-state index in [9.17, 15) is 19.1 Å². The van der Waals surface area contributed by atoms with Gasteiger partial charge in [-0.15, -0.1) is 0 Å². The molecule has 0 radical (unpaired) electrons. The van der Waals surface area contributed by atoms with Gasteiger partial charge in [-0.3, -0.25) is 4.79 Å². The van der Waals surface area contributed by atoms with Crippen LogP contribution >= 0.6 is 0 Å². The SMILES string of the molecule is CC.Cc1cc(-c2c(-c3ccccc3C)c(C(=O)O)n(C(C)C)c2C=O)ccc1F. The van der Waals surface area contributed by atoms with Gasteiger partial charge in [0, 0.05) is 17.2 Å². The van der Waals surface area contributed by atoms with Gasteiger partial charge in [0.05, 0.1) is 5.69 Å². The molecule has 4 nitrogen and oxygen atoms in total. The summed E-state index contributed by atoms with van der Waals surface area (Å²) in [6.07, 6.45) is 0.683. The van der Waals surface area contributed by atoms with Crippen molar-refractivity contribution < 1.29 is 19.1 Å². The van der Waals surface area contributed by atoms with Gasteiger partial charge >= 0.3 is 5.97 Å². The number of carboxylic acid groups (broad SMARTS) is 1. The fourth-order valence-electron chi connectivity index (χ4n) is 3.68. The lowest BCUT2D eigenvalue weighted by atomic mass is 9.92. The molecule has 1 heterocycles. The first-order valence-corrected chi connectivity index (χ1v) is 10.1. The number of carbonyl (C=O) groups excluding carboxylic acids is 1. The van der Waals surface area contributed by atoms with Crippen LogP contribution in [0.4, 0.5) is 4.39 Å². The summed E-state index contributed by atoms with van der Waals surface area (Å²) in [5.41, 5.74) is 3.99. The summed E-state index contributed by atoms with van der Waals surface area (Å²) >= 11 is 0. The fourth-order valence-corrected chi connectivity index (χ4v) is 3.68. The van der Waals surface area contributed by atoms with Crippen LogP contribution in [0.2, 0.25) is 0 Å². The molecule has 0 unspecified atom stereocenters. The van der Waals surface area contributed by atoms with Gasteiger partial charge in [0.2, 0.25) is 0 Å². The highest BCUT2D eigenvalue weighted by Gasteiger charge is 2.30. The zero-order chi connectivity index (χ0) is 22.6. The number of hydrogen-bond donors (Lipinski definition) is 1. The van der Waals surface area contributed by atoms with Crippen LogP contribution in [-0.2, 0) is 0 Å². The van der Waals surface area contributed by atoms with Crippen LogP contribution in [-0.4, -0.2) is 21.9 Å². The molecule has 0 saturated heterocycles. The molecule has 158 valence electrons. The molecular formula is C25H28FNO3. The quantitative estimate of drug-likeness (QED) is 0.477. The van der Waals surface area contributed by atoms with E-state index in [0.717, 1.165) is 11.1 Å². The first kappa shape index (κ1) is 23.1. The standard InChI is InChI=1S/C23H22FNO3.C2H6/c1-13(2)25-19(12-26)20(16-9-10-18(24)15(4)11-16)21(22(25)23(27)28)17-8-6-5-7-14(17)3;1-2/h5-13H,1-4H3,(H,27,28);1-2H3. The number of carboxylic acids is 1. The normalized spacial score (nSPS) is 10.5. The average molecular weight is 410 g/mol. The molecule has 3 rings (SSSR count). The lowest BCUT2D eigenvalue weighted by Crippen LogP contribution is -2.14. The van der Waals surface area contributed by atoms with Crippen molar-refractivity contribution in [2.24, 2.45) is 0 Å². The van der Waals surface area contributed by atoms with Gasteiger partial charge < -0.3 is 9.67 Å². The second-order valence-electron chi connectivity index (χ2n) is 7.15. The molecule has 0 spiro atoms. The van der Waals surface area contributed by atoms with E-state index in [0.29, 0.717) is 28.5 Å². The first-order valence-electron chi connectivity index (χ1n) is 10.1. The van der Waals surface area contributed by atoms with Gasteiger partial charge in [0.25, 0.3) is 0 Å². The predicted octanol–water partition coefficient (Wildman–Crippen LogP) is 6.70. The van der Waals surface area contributed by atoms with Gasteiger partial charge in [-0.1, -0.05) is 44.2 Å². The summed E-state index contributed by atoms with van der Waals surface area (Å²) in [7, 11) is 0. The Morgan fingerprint density at radius 3 is 2.17 bits per heavy atom. The van der Waals surface area contributed by atoms with Crippen LogP contribution in [0.15, 0.2) is 42.5 Å². The van der Waals surface area contributed by atoms with E-state index in [1.165, 1.54) is 6.07 Å². The smallest absolute Gasteiger partial charge is 0.353 e. The van der Waals surface area contributed by atoms with Gasteiger partial charge in [-0.05, 0) is 62.1 Å². The van der Waals surface area contributed by atoms with Crippen LogP contribution in [0.3, 0.4) is 0 Å². The highest BCUT2D eigenvalue weighted by atomic mass is 19.1. The number of benzene rings is 2. The van der Waals surface area contributed by atoms with Crippen molar-refractivity contribution in [1.29, 1.82) is 0 Å². The van der Waals surface area contributed by atoms with Crippen molar-refractivity contribution in [3.8, 4) is 22.3 Å². The molecule has 0 bridgehead atoms. The summed E-state index contributed by atoms with van der Waals surface area (Å²) in [6.45, 7) is 11.2. The first-order chi connectivity index (χ1) is 14.3. The minimum atomic E-state index is -1.11. The molecule has 3 aromatic rings. The Labute approximate surface area is 177 Å². The van der Waals surface area contributed by atoms with E-state index in [1.807, 2.05) is 58.9 Å². The molecule has 0 aliphatic heterocycles. The molecule has 1 N–H and O–H groups in total. The van der Waals surface area contributed by atoms with Crippen molar-refractivity contribution in [2.45, 2.75) is 47.6 Å². The maximum atomic E-state index is 13.9. The number of aromatic nitrogens is 1. The molecule has 0 saturated carbocycles. The number of aromatic carboxylic acids is 1. The fraction of sp³-hybridized carbons (Fsp3) is 0.280. The number of carbonyl (C=O) groups is 2. The number of hydrogen-bond acceptors (Lipinski definition) is 2. The Balaban J connectivity index is 0.00000155. The average Bonchev–Trinajstić information content (AvgIpc) is 3.07. The molecular weight excluding hydrogens is 381 g/mol. The van der Waals surface area contributed by atoms with E-state index in [2.05, 4.69) is 0 Å². The highest BCUT2D eigenvalue weighted by molar-refractivity contribution is 6.06. The minimum absolute atomic E-state index is 0.0587. The van der Waals surface area contributed by atoms with E-state index < -0.39 is 5.97 Å². The molecule has 0 fully saturated rings. The van der Waals surface area contributed by atoms with E-state index >= 15 is 0 Å². The molecule has 2 aromatic carbocycles. The molecule has 0 aliphatic rings. The third kappa shape index (κ3) is 4.06. The zero-order valence-electron chi connectivity index (χ0n) is 18.3. The molecule has 0 atom stereocenters. The number of halogens is 1. The van der Waals surface area contributed by atoms with Gasteiger partial charge in [0.15, 0.2) is 6.29 Å². The highest BCUT2D eigenvalue weighted by Crippen LogP contribution is 2.42. The summed E-state index contributed by atoms with van der Waals surface area (Å²) < 4.78 is 15.4. The third-order valence-electron chi connectivity index (χ3n) is 4.94. The van der Waals surface area contributed by atoms with Gasteiger partial charge in [0.1, 0.15) is 11.5 Å². The molecule has 0 amide bonds. The van der Waals surface area contributed by atoms with Crippen LogP contribution in [0.5, 0.6) is 0 Å². The number of aryl methyl sites for hydroxylation is 2. The van der Waals surface area contributed by atoms with Crippen LogP contribution < -0.4 is 0 Å². The second kappa shape index (κ2) is 9.53. The number of aldehydes is 1. The van der Waals surface area contributed by atoms with Crippen molar-refractivity contribution in [1.82, 2.24) is 4.57 Å². The van der Waals surface area contributed by atoms with E-state index in [4.69, 9.17) is 0 Å². The molecule has 5 heteroatoms. The summed E-state index contributed by atoms with van der Waals surface area (Å²) in [4.78, 5) is 24.4. The topological polar surface area (TPSA) is 59.3 Å². The maximum absolute atomic E-state index is 13.9. The van der Waals surface area contributed by atoms with Gasteiger partial charge in [-0.2, -0.15) is 0 Å². The van der Waals surface area contributed by atoms with E-state index in [1.54, 1.807) is 23.6 Å². The van der Waals surface area contributed by atoms with Crippen molar-refractivity contribution in [2.75, 3.05) is 0 Å². The molecule has 30 heavy (non-hydrogen) atoms. The lowest BCUT2D eigenvalue weighted by molar-refractivity contribution is 0.0684. The summed E-state index contributed by atoms with van der Waals surface area (Å²) in [5, 5.41) is 10.0. The Bertz CT molecular complexity index is 1080. The summed E-state index contributed by atoms with van der Waals surface area (Å²) in [5.74, 6) is -1.46. The van der Waals surface area contributed by atoms with Crippen molar-refractivity contribution in [3.05, 3.63) is 70.8 Å². The minimum Gasteiger partial charge on any atom is -0.477 e. The van der Waals surface area contributed by atoms with Crippen LogP contribution in [0.1, 0.15) is 65.8 Å². The van der Waals surface area contributed by atoms with Crippen LogP contribution in [0.25, 0.3) is 22.3 Å². The Kier molecular flexibility index (Phi) is 7.33. The molecule has 1 aromatic heterocycles. The maximum Gasteiger partial charge on any atom is 0.353 e. The van der Waals surface area contributed by atoms with Crippen molar-refractivity contribution >= 4 is 12.3 Å². The predicted molar refractivity (Wildman–Crippen MR) is 119 cm³/mol. The largest absolute Gasteiger partial charge is 0.477 e. The van der Waals surface area contributed by atoms with E-state index in [-0.39, 0.29) is 23.2 Å². The lowest BCUT2D eigenvalue weighted by Gasteiger charge is -2.13. The Hall–Kier alpha value is -3.21.